The Morgan fingerprint density at radius 2 is 1.88 bits per heavy atom. The first-order chi connectivity index (χ1) is 16.4. The van der Waals surface area contributed by atoms with E-state index in [1.165, 1.54) is 0 Å². The van der Waals surface area contributed by atoms with Gasteiger partial charge in [0.1, 0.15) is 0 Å². The second-order valence-electron chi connectivity index (χ2n) is 8.34. The Morgan fingerprint density at radius 1 is 1.12 bits per heavy atom. The molecule has 3 N–H and O–H groups in total. The molecular weight excluding hydrogens is 450 g/mol. The van der Waals surface area contributed by atoms with E-state index >= 15 is 0 Å². The van der Waals surface area contributed by atoms with E-state index < -0.39 is 0 Å². The van der Waals surface area contributed by atoms with Gasteiger partial charge in [0.15, 0.2) is 16.6 Å². The minimum atomic E-state index is -0.125. The molecule has 8 heteroatoms. The van der Waals surface area contributed by atoms with Crippen molar-refractivity contribution in [3.8, 4) is 11.5 Å². The Kier molecular flexibility index (Phi) is 8.90. The number of ether oxygens (including phenoxy) is 2. The van der Waals surface area contributed by atoms with Crippen LogP contribution >= 0.6 is 12.2 Å². The third kappa shape index (κ3) is 6.27. The molecule has 3 aromatic rings. The molecule has 0 fully saturated rings. The number of aliphatic hydroxyl groups is 1. The molecule has 1 aromatic heterocycles. The van der Waals surface area contributed by atoms with Crippen molar-refractivity contribution in [2.75, 3.05) is 33.9 Å². The van der Waals surface area contributed by atoms with Gasteiger partial charge >= 0.3 is 0 Å². The number of H-pyrrole nitrogens is 1. The summed E-state index contributed by atoms with van der Waals surface area (Å²) in [4.78, 5) is 17.7. The summed E-state index contributed by atoms with van der Waals surface area (Å²) >= 11 is 5.65. The first kappa shape index (κ1) is 25.5. The van der Waals surface area contributed by atoms with Crippen molar-refractivity contribution in [2.45, 2.75) is 33.2 Å². The molecular formula is C26H33N3O4S. The number of pyridine rings is 1. The summed E-state index contributed by atoms with van der Waals surface area (Å²) in [5.74, 6) is 1.38. The van der Waals surface area contributed by atoms with Crippen LogP contribution in [0.1, 0.15) is 28.7 Å². The molecule has 0 aliphatic carbocycles. The van der Waals surface area contributed by atoms with Gasteiger partial charge in [0, 0.05) is 36.2 Å². The lowest BCUT2D eigenvalue weighted by Crippen LogP contribution is -2.41. The van der Waals surface area contributed by atoms with E-state index in [0.717, 1.165) is 34.0 Å². The van der Waals surface area contributed by atoms with E-state index in [1.807, 2.05) is 49.1 Å². The van der Waals surface area contributed by atoms with Crippen LogP contribution in [0.15, 0.2) is 41.2 Å². The van der Waals surface area contributed by atoms with Crippen LogP contribution in [-0.2, 0) is 13.0 Å². The highest BCUT2D eigenvalue weighted by molar-refractivity contribution is 7.80. The zero-order valence-corrected chi connectivity index (χ0v) is 21.1. The number of fused-ring (bicyclic) bond motifs is 1. The average molecular weight is 484 g/mol. The van der Waals surface area contributed by atoms with Crippen molar-refractivity contribution in [2.24, 2.45) is 0 Å². The maximum Gasteiger partial charge on any atom is 0.253 e. The Bertz CT molecular complexity index is 1210. The average Bonchev–Trinajstić information content (AvgIpc) is 2.81. The predicted octanol–water partition coefficient (Wildman–Crippen LogP) is 3.46. The lowest BCUT2D eigenvalue weighted by molar-refractivity contribution is 0.264. The summed E-state index contributed by atoms with van der Waals surface area (Å²) in [5.41, 5.74) is 4.67. The molecule has 182 valence electrons. The van der Waals surface area contributed by atoms with Gasteiger partial charge in [0.25, 0.3) is 5.56 Å². The van der Waals surface area contributed by atoms with Gasteiger partial charge in [-0.1, -0.05) is 12.1 Å². The highest BCUT2D eigenvalue weighted by atomic mass is 32.1. The Labute approximate surface area is 205 Å². The van der Waals surface area contributed by atoms with Gasteiger partial charge in [-0.3, -0.25) is 4.79 Å². The Morgan fingerprint density at radius 3 is 2.59 bits per heavy atom. The molecule has 1 heterocycles. The summed E-state index contributed by atoms with van der Waals surface area (Å²) in [5, 5.41) is 14.2. The molecule has 0 atom stereocenters. The number of aromatic amines is 1. The van der Waals surface area contributed by atoms with Gasteiger partial charge in [0.2, 0.25) is 0 Å². The van der Waals surface area contributed by atoms with Crippen LogP contribution in [0.25, 0.3) is 10.9 Å². The van der Waals surface area contributed by atoms with Gasteiger partial charge in [0.05, 0.1) is 20.8 Å². The van der Waals surface area contributed by atoms with Crippen LogP contribution in [0.3, 0.4) is 0 Å². The fraction of sp³-hybridized carbons (Fsp3) is 0.385. The fourth-order valence-corrected chi connectivity index (χ4v) is 4.27. The van der Waals surface area contributed by atoms with Crippen molar-refractivity contribution in [3.05, 3.63) is 69.0 Å². The number of benzene rings is 2. The van der Waals surface area contributed by atoms with E-state index in [1.54, 1.807) is 14.2 Å². The lowest BCUT2D eigenvalue weighted by atomic mass is 10.0. The molecule has 7 nitrogen and oxygen atoms in total. The largest absolute Gasteiger partial charge is 0.493 e. The summed E-state index contributed by atoms with van der Waals surface area (Å²) in [7, 11) is 3.23. The number of aryl methyl sites for hydroxylation is 2. The number of hydrogen-bond donors (Lipinski definition) is 3. The van der Waals surface area contributed by atoms with Gasteiger partial charge in [-0.05, 0) is 79.9 Å². The standard InChI is InChI=1S/C26H33N3O4S/c1-17-12-18(2)21-15-20(25(31)28-22(21)13-17)16-29(10-5-11-30)26(34)27-9-8-19-6-7-23(32-3)24(14-19)33-4/h6-7,12-15,30H,5,8-11,16H2,1-4H3,(H,27,34)(H,28,31). The smallest absolute Gasteiger partial charge is 0.253 e. The van der Waals surface area contributed by atoms with Gasteiger partial charge in [-0.15, -0.1) is 0 Å². The van der Waals surface area contributed by atoms with Crippen molar-refractivity contribution in [1.29, 1.82) is 0 Å². The van der Waals surface area contributed by atoms with Crippen LogP contribution in [0.4, 0.5) is 0 Å². The second kappa shape index (κ2) is 11.9. The number of nitrogens with zero attached hydrogens (tertiary/aromatic N) is 1. The van der Waals surface area contributed by atoms with Crippen LogP contribution in [0, 0.1) is 13.8 Å². The van der Waals surface area contributed by atoms with E-state index in [9.17, 15) is 9.90 Å². The molecule has 0 radical (unpaired) electrons. The zero-order valence-electron chi connectivity index (χ0n) is 20.2. The quantitative estimate of drug-likeness (QED) is 0.381. The monoisotopic (exact) mass is 483 g/mol. The van der Waals surface area contributed by atoms with E-state index in [4.69, 9.17) is 21.7 Å². The van der Waals surface area contributed by atoms with Crippen LogP contribution in [0.2, 0.25) is 0 Å². The number of thiocarbonyl (C=S) groups is 1. The van der Waals surface area contributed by atoms with Crippen LogP contribution in [-0.4, -0.2) is 54.0 Å². The fourth-order valence-electron chi connectivity index (χ4n) is 4.01. The number of rotatable bonds is 10. The molecule has 0 saturated carbocycles. The van der Waals surface area contributed by atoms with Gasteiger partial charge in [-0.25, -0.2) is 0 Å². The van der Waals surface area contributed by atoms with Crippen molar-refractivity contribution in [3.63, 3.8) is 0 Å². The van der Waals surface area contributed by atoms with Gasteiger partial charge < -0.3 is 29.8 Å². The van der Waals surface area contributed by atoms with Crippen molar-refractivity contribution < 1.29 is 14.6 Å². The van der Waals surface area contributed by atoms with Crippen LogP contribution < -0.4 is 20.3 Å². The van der Waals surface area contributed by atoms with Crippen molar-refractivity contribution >= 4 is 28.2 Å². The topological polar surface area (TPSA) is 86.8 Å². The summed E-state index contributed by atoms with van der Waals surface area (Å²) in [6.07, 6.45) is 1.30. The summed E-state index contributed by atoms with van der Waals surface area (Å²) in [6, 6.07) is 11.9. The SMILES string of the molecule is COc1ccc(CCNC(=S)N(CCCO)Cc2cc3c(C)cc(C)cc3[nH]c2=O)cc1OC. The minimum absolute atomic E-state index is 0.0528. The van der Waals surface area contributed by atoms with Crippen molar-refractivity contribution in [1.82, 2.24) is 15.2 Å². The maximum atomic E-state index is 12.8. The van der Waals surface area contributed by atoms with E-state index in [-0.39, 0.29) is 12.2 Å². The first-order valence-corrected chi connectivity index (χ1v) is 11.7. The highest BCUT2D eigenvalue weighted by Gasteiger charge is 2.14. The summed E-state index contributed by atoms with van der Waals surface area (Å²) in [6.45, 7) is 5.64. The Hall–Kier alpha value is -3.10. The normalized spacial score (nSPS) is 10.9. The Balaban J connectivity index is 1.71. The maximum absolute atomic E-state index is 12.8. The molecule has 0 unspecified atom stereocenters. The minimum Gasteiger partial charge on any atom is -0.493 e. The van der Waals surface area contributed by atoms with E-state index in [0.29, 0.717) is 48.2 Å². The number of aromatic nitrogens is 1. The predicted molar refractivity (Wildman–Crippen MR) is 140 cm³/mol. The molecule has 0 bridgehead atoms. The molecule has 3 rings (SSSR count). The van der Waals surface area contributed by atoms with E-state index in [2.05, 4.69) is 16.4 Å². The molecule has 0 aliphatic heterocycles. The lowest BCUT2D eigenvalue weighted by Gasteiger charge is -2.26. The molecule has 0 aliphatic rings. The molecule has 34 heavy (non-hydrogen) atoms. The first-order valence-electron chi connectivity index (χ1n) is 11.3. The second-order valence-corrected chi connectivity index (χ2v) is 8.72. The zero-order chi connectivity index (χ0) is 24.7. The number of methoxy groups -OCH3 is 2. The molecule has 0 amide bonds. The van der Waals surface area contributed by atoms with Crippen LogP contribution in [0.5, 0.6) is 11.5 Å². The number of aliphatic hydroxyl groups excluding tert-OH is 1. The highest BCUT2D eigenvalue weighted by Crippen LogP contribution is 2.27. The number of nitrogens with one attached hydrogen (secondary N) is 2. The molecule has 0 saturated heterocycles. The number of hydrogen-bond acceptors (Lipinski definition) is 5. The molecule has 0 spiro atoms. The summed E-state index contributed by atoms with van der Waals surface area (Å²) < 4.78 is 10.7. The van der Waals surface area contributed by atoms with Gasteiger partial charge in [-0.2, -0.15) is 0 Å². The third-order valence-electron chi connectivity index (χ3n) is 5.76. The molecule has 2 aromatic carbocycles. The third-order valence-corrected chi connectivity index (χ3v) is 6.16.